The fourth-order valence-electron chi connectivity index (χ4n) is 0.558. The second-order valence-electron chi connectivity index (χ2n) is 2.08. The highest BCUT2D eigenvalue weighted by Crippen LogP contribution is 2.04. The molecule has 5 nitrogen and oxygen atoms in total. The number of halogens is 2. The number of rotatable bonds is 3. The first kappa shape index (κ1) is 9.72. The summed E-state index contributed by atoms with van der Waals surface area (Å²) in [5.74, 6) is 0. The second kappa shape index (κ2) is 4.04. The van der Waals surface area contributed by atoms with Crippen LogP contribution >= 0.6 is 0 Å². The lowest BCUT2D eigenvalue weighted by atomic mass is 10.7. The molecule has 72 valence electrons. The molecule has 0 fully saturated rings. The molecule has 1 unspecified atom stereocenters. The first-order chi connectivity index (χ1) is 6.11. The van der Waals surface area contributed by atoms with E-state index in [-0.39, 0.29) is 0 Å². The molecule has 0 saturated heterocycles. The molecule has 0 N–H and O–H groups in total. The zero-order valence-electron chi connectivity index (χ0n) is 6.99. The molecule has 0 spiro atoms. The van der Waals surface area contributed by atoms with Crippen LogP contribution in [0.1, 0.15) is 6.92 Å². The maximum absolute atomic E-state index is 12.4. The van der Waals surface area contributed by atoms with Gasteiger partial charge in [0.2, 0.25) is 0 Å². The van der Waals surface area contributed by atoms with E-state index in [1.807, 2.05) is 0 Å². The Bertz CT molecular complexity index is 277. The molecule has 13 heavy (non-hydrogen) atoms. The third-order valence-electron chi connectivity index (χ3n) is 1.16. The Morgan fingerprint density at radius 1 is 1.15 bits per heavy atom. The number of methoxy groups -OCH3 is 1. The van der Waals surface area contributed by atoms with Crippen molar-refractivity contribution in [2.75, 3.05) is 7.11 Å². The smallest absolute Gasteiger partial charge is 0.326 e. The Morgan fingerprint density at radius 2 is 1.69 bits per heavy atom. The van der Waals surface area contributed by atoms with E-state index in [0.717, 1.165) is 0 Å². The number of ether oxygens (including phenoxy) is 2. The van der Waals surface area contributed by atoms with Gasteiger partial charge in [-0.2, -0.15) is 13.8 Å². The first-order valence-corrected chi connectivity index (χ1v) is 3.38. The minimum absolute atomic E-state index is 0.445. The van der Waals surface area contributed by atoms with E-state index < -0.39 is 24.5 Å². The lowest BCUT2D eigenvalue weighted by Gasteiger charge is -2.09. The zero-order valence-corrected chi connectivity index (χ0v) is 6.99. The van der Waals surface area contributed by atoms with Crippen LogP contribution in [0.3, 0.4) is 0 Å². The Labute approximate surface area is 72.7 Å². The largest absolute Gasteiger partial charge is 0.434 e. The van der Waals surface area contributed by atoms with Gasteiger partial charge in [-0.1, -0.05) is 0 Å². The van der Waals surface area contributed by atoms with Crippen LogP contribution in [-0.2, 0) is 4.74 Å². The molecule has 1 aromatic rings. The predicted molar refractivity (Wildman–Crippen MR) is 36.8 cm³/mol. The van der Waals surface area contributed by atoms with Gasteiger partial charge in [0.15, 0.2) is 6.29 Å². The van der Waals surface area contributed by atoms with Gasteiger partial charge in [0.1, 0.15) is 0 Å². The van der Waals surface area contributed by atoms with Crippen molar-refractivity contribution in [2.24, 2.45) is 0 Å². The summed E-state index contributed by atoms with van der Waals surface area (Å²) in [7, 11) is 1.37. The van der Waals surface area contributed by atoms with Crippen LogP contribution in [-0.4, -0.2) is 28.4 Å². The molecule has 0 aliphatic rings. The van der Waals surface area contributed by atoms with Crippen molar-refractivity contribution in [1.82, 2.24) is 15.0 Å². The highest BCUT2D eigenvalue weighted by Gasteiger charge is 2.09. The summed E-state index contributed by atoms with van der Waals surface area (Å²) >= 11 is 0. The van der Waals surface area contributed by atoms with Gasteiger partial charge in [-0.25, -0.2) is 0 Å². The molecular formula is C6H7F2N3O2. The van der Waals surface area contributed by atoms with E-state index in [0.29, 0.717) is 0 Å². The molecule has 1 heterocycles. The number of hydrogen-bond acceptors (Lipinski definition) is 5. The molecule has 0 radical (unpaired) electrons. The Morgan fingerprint density at radius 3 is 2.15 bits per heavy atom. The van der Waals surface area contributed by atoms with E-state index in [1.165, 1.54) is 14.0 Å². The van der Waals surface area contributed by atoms with Crippen LogP contribution in [0.25, 0.3) is 0 Å². The summed E-state index contributed by atoms with van der Waals surface area (Å²) in [4.78, 5) is 8.87. The second-order valence-corrected chi connectivity index (χ2v) is 2.08. The summed E-state index contributed by atoms with van der Waals surface area (Å²) in [6, 6.07) is -0.445. The lowest BCUT2D eigenvalue weighted by molar-refractivity contribution is -0.0451. The quantitative estimate of drug-likeness (QED) is 0.652. The summed E-state index contributed by atoms with van der Waals surface area (Å²) < 4.78 is 34.1. The predicted octanol–water partition coefficient (Wildman–Crippen LogP) is 0.521. The standard InChI is InChI=1S/C6H7F2N3O2/c1-3(12-2)13-6-10-4(7)9-5(8)11-6/h3H,1-2H3. The normalized spacial score (nSPS) is 12.6. The van der Waals surface area contributed by atoms with Crippen molar-refractivity contribution in [3.8, 4) is 6.01 Å². The zero-order chi connectivity index (χ0) is 9.84. The maximum atomic E-state index is 12.4. The van der Waals surface area contributed by atoms with Crippen molar-refractivity contribution in [3.63, 3.8) is 0 Å². The van der Waals surface area contributed by atoms with Crippen LogP contribution in [0, 0.1) is 12.2 Å². The van der Waals surface area contributed by atoms with Gasteiger partial charge in [-0.05, 0) is 6.92 Å². The van der Waals surface area contributed by atoms with Gasteiger partial charge < -0.3 is 9.47 Å². The average Bonchev–Trinajstić information content (AvgIpc) is 2.02. The van der Waals surface area contributed by atoms with Crippen LogP contribution in [0.2, 0.25) is 0 Å². The van der Waals surface area contributed by atoms with Gasteiger partial charge in [0.05, 0.1) is 0 Å². The summed E-state index contributed by atoms with van der Waals surface area (Å²) in [5, 5.41) is 0. The van der Waals surface area contributed by atoms with Gasteiger partial charge in [-0.3, -0.25) is 0 Å². The topological polar surface area (TPSA) is 57.1 Å². The highest BCUT2D eigenvalue weighted by atomic mass is 19.1. The molecular weight excluding hydrogens is 184 g/mol. The SMILES string of the molecule is COC(C)Oc1nc(F)nc(F)n1. The Hall–Kier alpha value is -1.37. The Kier molecular flexibility index (Phi) is 3.02. The van der Waals surface area contributed by atoms with E-state index in [1.54, 1.807) is 0 Å². The Balaban J connectivity index is 2.77. The molecule has 1 aromatic heterocycles. The molecule has 0 aliphatic carbocycles. The molecule has 1 rings (SSSR count). The van der Waals surface area contributed by atoms with E-state index >= 15 is 0 Å². The third kappa shape index (κ3) is 2.86. The van der Waals surface area contributed by atoms with Gasteiger partial charge in [0.25, 0.3) is 0 Å². The number of hydrogen-bond donors (Lipinski definition) is 0. The van der Waals surface area contributed by atoms with Crippen LogP contribution in [0.15, 0.2) is 0 Å². The average molecular weight is 191 g/mol. The van der Waals surface area contributed by atoms with Gasteiger partial charge in [-0.15, -0.1) is 9.97 Å². The van der Waals surface area contributed by atoms with E-state index in [2.05, 4.69) is 19.7 Å². The van der Waals surface area contributed by atoms with Gasteiger partial charge in [0, 0.05) is 7.11 Å². The van der Waals surface area contributed by atoms with Crippen molar-refractivity contribution in [1.29, 1.82) is 0 Å². The summed E-state index contributed by atoms with van der Waals surface area (Å²) in [5.41, 5.74) is 0. The minimum atomic E-state index is -1.23. The van der Waals surface area contributed by atoms with Gasteiger partial charge >= 0.3 is 18.2 Å². The van der Waals surface area contributed by atoms with Crippen molar-refractivity contribution < 1.29 is 18.3 Å². The lowest BCUT2D eigenvalue weighted by Crippen LogP contribution is -2.16. The molecule has 0 saturated carbocycles. The van der Waals surface area contributed by atoms with Crippen molar-refractivity contribution in [2.45, 2.75) is 13.2 Å². The highest BCUT2D eigenvalue weighted by molar-refractivity contribution is 4.89. The van der Waals surface area contributed by atoms with Crippen molar-refractivity contribution >= 4 is 0 Å². The van der Waals surface area contributed by atoms with E-state index in [9.17, 15) is 8.78 Å². The molecule has 1 atom stereocenters. The third-order valence-corrected chi connectivity index (χ3v) is 1.16. The number of nitrogens with zero attached hydrogens (tertiary/aromatic N) is 3. The summed E-state index contributed by atoms with van der Waals surface area (Å²) in [6.07, 6.45) is -3.14. The maximum Gasteiger partial charge on any atom is 0.326 e. The molecule has 7 heteroatoms. The van der Waals surface area contributed by atoms with E-state index in [4.69, 9.17) is 4.74 Å². The molecule has 0 amide bonds. The summed E-state index contributed by atoms with van der Waals surface area (Å²) in [6.45, 7) is 1.53. The van der Waals surface area contributed by atoms with Crippen molar-refractivity contribution in [3.05, 3.63) is 12.2 Å². The fourth-order valence-corrected chi connectivity index (χ4v) is 0.558. The first-order valence-electron chi connectivity index (χ1n) is 3.38. The van der Waals surface area contributed by atoms with Crippen LogP contribution in [0.5, 0.6) is 6.01 Å². The molecule has 0 aromatic carbocycles. The fraction of sp³-hybridized carbons (Fsp3) is 0.500. The van der Waals surface area contributed by atoms with Crippen LogP contribution in [0.4, 0.5) is 8.78 Å². The molecule has 0 bridgehead atoms. The monoisotopic (exact) mass is 191 g/mol. The van der Waals surface area contributed by atoms with Crippen LogP contribution < -0.4 is 4.74 Å². The number of aromatic nitrogens is 3. The minimum Gasteiger partial charge on any atom is -0.434 e. The molecule has 0 aliphatic heterocycles.